The van der Waals surface area contributed by atoms with Gasteiger partial charge in [0.25, 0.3) is 11.6 Å². The van der Waals surface area contributed by atoms with Crippen LogP contribution in [-0.4, -0.2) is 35.2 Å². The van der Waals surface area contributed by atoms with Crippen molar-refractivity contribution in [1.82, 2.24) is 0 Å². The van der Waals surface area contributed by atoms with Gasteiger partial charge in [0.1, 0.15) is 11.9 Å². The number of hydrogen-bond donors (Lipinski definition) is 3. The largest absolute Gasteiger partial charge is 0.495 e. The molecular formula is C17H25N3O5. The van der Waals surface area contributed by atoms with E-state index >= 15 is 0 Å². The van der Waals surface area contributed by atoms with E-state index in [0.29, 0.717) is 12.3 Å². The average Bonchev–Trinajstić information content (AvgIpc) is 2.61. The molecule has 138 valence electrons. The average molecular weight is 351 g/mol. The van der Waals surface area contributed by atoms with Crippen molar-refractivity contribution in [1.29, 1.82) is 0 Å². The highest BCUT2D eigenvalue weighted by Gasteiger charge is 2.27. The third-order valence-electron chi connectivity index (χ3n) is 4.66. The van der Waals surface area contributed by atoms with Crippen LogP contribution in [0.4, 0.5) is 11.4 Å². The van der Waals surface area contributed by atoms with E-state index < -0.39 is 23.0 Å². The van der Waals surface area contributed by atoms with Crippen LogP contribution in [0.15, 0.2) is 18.2 Å². The summed E-state index contributed by atoms with van der Waals surface area (Å²) in [4.78, 5) is 22.6. The molecule has 0 bridgehead atoms. The third-order valence-corrected chi connectivity index (χ3v) is 4.66. The van der Waals surface area contributed by atoms with Crippen LogP contribution < -0.4 is 15.8 Å². The smallest absolute Gasteiger partial charge is 0.271 e. The molecule has 1 aliphatic carbocycles. The summed E-state index contributed by atoms with van der Waals surface area (Å²) in [5.41, 5.74) is 5.95. The molecule has 25 heavy (non-hydrogen) atoms. The number of carbonyl (C=O) groups is 1. The van der Waals surface area contributed by atoms with E-state index in [1.165, 1.54) is 31.7 Å². The van der Waals surface area contributed by atoms with Crippen molar-refractivity contribution in [3.8, 4) is 5.75 Å². The molecular weight excluding hydrogens is 326 g/mol. The number of aliphatic hydroxyl groups is 1. The zero-order valence-electron chi connectivity index (χ0n) is 14.3. The summed E-state index contributed by atoms with van der Waals surface area (Å²) in [6.45, 7) is 0. The monoisotopic (exact) mass is 351 g/mol. The minimum Gasteiger partial charge on any atom is -0.495 e. The number of aliphatic hydroxyl groups excluding tert-OH is 1. The maximum atomic E-state index is 12.3. The number of nitro groups is 1. The number of anilines is 1. The Labute approximate surface area is 146 Å². The van der Waals surface area contributed by atoms with Gasteiger partial charge in [-0.1, -0.05) is 32.1 Å². The standard InChI is InChI=1S/C17H25N3O5/c1-25-15-8-7-12(20(23)24)10-14(15)19-17(22)16(21)13(18)9-11-5-3-2-4-6-11/h7-8,10-11,13,16,21H,2-6,9,18H2,1H3,(H,19,22)/t13-,16?/m1/s1. The summed E-state index contributed by atoms with van der Waals surface area (Å²) in [7, 11) is 1.39. The van der Waals surface area contributed by atoms with Gasteiger partial charge in [-0.15, -0.1) is 0 Å². The molecule has 1 amide bonds. The van der Waals surface area contributed by atoms with Gasteiger partial charge in [-0.05, 0) is 18.4 Å². The Morgan fingerprint density at radius 2 is 2.12 bits per heavy atom. The highest BCUT2D eigenvalue weighted by molar-refractivity contribution is 5.96. The number of hydrogen-bond acceptors (Lipinski definition) is 6. The molecule has 1 aliphatic rings. The van der Waals surface area contributed by atoms with Gasteiger partial charge in [-0.2, -0.15) is 0 Å². The number of nitro benzene ring substituents is 1. The highest BCUT2D eigenvalue weighted by atomic mass is 16.6. The van der Waals surface area contributed by atoms with Crippen LogP contribution in [0.2, 0.25) is 0 Å². The molecule has 2 atom stereocenters. The first-order valence-electron chi connectivity index (χ1n) is 8.49. The maximum Gasteiger partial charge on any atom is 0.271 e. The van der Waals surface area contributed by atoms with Crippen LogP contribution in [0, 0.1) is 16.0 Å². The lowest BCUT2D eigenvalue weighted by Crippen LogP contribution is -2.44. The van der Waals surface area contributed by atoms with E-state index in [2.05, 4.69) is 5.32 Å². The number of ether oxygens (including phenoxy) is 1. The number of carbonyl (C=O) groups excluding carboxylic acids is 1. The number of benzene rings is 1. The van der Waals surface area contributed by atoms with Gasteiger partial charge < -0.3 is 20.9 Å². The van der Waals surface area contributed by atoms with E-state index in [1.807, 2.05) is 0 Å². The van der Waals surface area contributed by atoms with E-state index in [1.54, 1.807) is 0 Å². The minimum atomic E-state index is -1.38. The zero-order chi connectivity index (χ0) is 18.4. The second kappa shape index (κ2) is 8.77. The van der Waals surface area contributed by atoms with E-state index in [4.69, 9.17) is 10.5 Å². The molecule has 2 rings (SSSR count). The number of methoxy groups -OCH3 is 1. The van der Waals surface area contributed by atoms with Crippen molar-refractivity contribution in [3.05, 3.63) is 28.3 Å². The SMILES string of the molecule is COc1ccc([N+](=O)[O-])cc1NC(=O)C(O)[C@H](N)CC1CCCCC1. The fourth-order valence-corrected chi connectivity index (χ4v) is 3.24. The van der Waals surface area contributed by atoms with Crippen LogP contribution in [-0.2, 0) is 4.79 Å². The molecule has 0 spiro atoms. The van der Waals surface area contributed by atoms with Crippen LogP contribution in [0.3, 0.4) is 0 Å². The van der Waals surface area contributed by atoms with Crippen molar-refractivity contribution in [3.63, 3.8) is 0 Å². The molecule has 4 N–H and O–H groups in total. The van der Waals surface area contributed by atoms with Gasteiger partial charge >= 0.3 is 0 Å². The van der Waals surface area contributed by atoms with E-state index in [0.717, 1.165) is 25.7 Å². The molecule has 0 aliphatic heterocycles. The zero-order valence-corrected chi connectivity index (χ0v) is 14.3. The number of nitrogens with one attached hydrogen (secondary N) is 1. The molecule has 8 nitrogen and oxygen atoms in total. The Morgan fingerprint density at radius 3 is 2.72 bits per heavy atom. The molecule has 0 radical (unpaired) electrons. The molecule has 1 aromatic rings. The Morgan fingerprint density at radius 1 is 1.44 bits per heavy atom. The maximum absolute atomic E-state index is 12.3. The lowest BCUT2D eigenvalue weighted by atomic mass is 9.84. The molecule has 1 fully saturated rings. The number of nitrogens with zero attached hydrogens (tertiary/aromatic N) is 1. The predicted octanol–water partition coefficient (Wildman–Crippen LogP) is 2.20. The molecule has 0 saturated heterocycles. The second-order valence-corrected chi connectivity index (χ2v) is 6.48. The molecule has 1 saturated carbocycles. The second-order valence-electron chi connectivity index (χ2n) is 6.48. The Kier molecular flexibility index (Phi) is 6.72. The molecule has 0 aromatic heterocycles. The number of nitrogens with two attached hydrogens (primary N) is 1. The molecule has 0 heterocycles. The minimum absolute atomic E-state index is 0.130. The van der Waals surface area contributed by atoms with Gasteiger partial charge in [0, 0.05) is 18.2 Å². The first-order chi connectivity index (χ1) is 11.9. The van der Waals surface area contributed by atoms with Crippen molar-refractivity contribution in [2.24, 2.45) is 11.7 Å². The summed E-state index contributed by atoms with van der Waals surface area (Å²) < 4.78 is 5.09. The Hall–Kier alpha value is -2.19. The normalized spacial score (nSPS) is 17.6. The van der Waals surface area contributed by atoms with Gasteiger partial charge in [0.15, 0.2) is 0 Å². The van der Waals surface area contributed by atoms with Crippen molar-refractivity contribution >= 4 is 17.3 Å². The van der Waals surface area contributed by atoms with Gasteiger partial charge in [-0.3, -0.25) is 14.9 Å². The summed E-state index contributed by atoms with van der Waals surface area (Å²) in [6, 6.07) is 3.19. The molecule has 1 unspecified atom stereocenters. The quantitative estimate of drug-likeness (QED) is 0.510. The fraction of sp³-hybridized carbons (Fsp3) is 0.588. The van der Waals surface area contributed by atoms with E-state index in [-0.39, 0.29) is 17.1 Å². The fourth-order valence-electron chi connectivity index (χ4n) is 3.24. The van der Waals surface area contributed by atoms with Crippen molar-refractivity contribution in [2.75, 3.05) is 12.4 Å². The van der Waals surface area contributed by atoms with Gasteiger partial charge in [0.2, 0.25) is 0 Å². The van der Waals surface area contributed by atoms with Crippen molar-refractivity contribution in [2.45, 2.75) is 50.7 Å². The lowest BCUT2D eigenvalue weighted by molar-refractivity contribution is -0.384. The van der Waals surface area contributed by atoms with Gasteiger partial charge in [-0.25, -0.2) is 0 Å². The summed E-state index contributed by atoms with van der Waals surface area (Å²) in [5.74, 6) is 0.00709. The van der Waals surface area contributed by atoms with E-state index in [9.17, 15) is 20.0 Å². The number of non-ortho nitro benzene ring substituents is 1. The Bertz CT molecular complexity index is 616. The number of amides is 1. The first-order valence-corrected chi connectivity index (χ1v) is 8.49. The third kappa shape index (κ3) is 5.14. The molecule has 1 aromatic carbocycles. The lowest BCUT2D eigenvalue weighted by Gasteiger charge is -2.26. The summed E-state index contributed by atoms with van der Waals surface area (Å²) in [5, 5.41) is 23.6. The predicted molar refractivity (Wildman–Crippen MR) is 93.5 cm³/mol. The van der Waals surface area contributed by atoms with Crippen LogP contribution >= 0.6 is 0 Å². The van der Waals surface area contributed by atoms with Crippen molar-refractivity contribution < 1.29 is 19.6 Å². The van der Waals surface area contributed by atoms with Gasteiger partial charge in [0.05, 0.1) is 17.7 Å². The van der Waals surface area contributed by atoms with Crippen LogP contribution in [0.25, 0.3) is 0 Å². The van der Waals surface area contributed by atoms with Crippen LogP contribution in [0.1, 0.15) is 38.5 Å². The molecule has 8 heteroatoms. The first kappa shape index (κ1) is 19.1. The topological polar surface area (TPSA) is 128 Å². The van der Waals surface area contributed by atoms with Crippen LogP contribution in [0.5, 0.6) is 5.75 Å². The highest BCUT2D eigenvalue weighted by Crippen LogP contribution is 2.30. The number of rotatable bonds is 7. The summed E-state index contributed by atoms with van der Waals surface area (Å²) >= 11 is 0. The Balaban J connectivity index is 2.02. The summed E-state index contributed by atoms with van der Waals surface area (Å²) in [6.07, 6.45) is 4.88.